The zero-order chi connectivity index (χ0) is 45.4. The summed E-state index contributed by atoms with van der Waals surface area (Å²) in [7, 11) is 0. The first-order valence-corrected chi connectivity index (χ1v) is 23.5. The highest BCUT2D eigenvalue weighted by atomic mass is 16.5. The smallest absolute Gasteiger partial charge is 0.135 e. The van der Waals surface area contributed by atoms with Crippen LogP contribution in [0.25, 0.3) is 43.8 Å². The highest BCUT2D eigenvalue weighted by Gasteiger charge is 2.46. The van der Waals surface area contributed by atoms with E-state index in [1.165, 1.54) is 150 Å². The second kappa shape index (κ2) is 14.7. The third-order valence-electron chi connectivity index (χ3n) is 16.8. The van der Waals surface area contributed by atoms with Gasteiger partial charge in [-0.15, -0.1) is 0 Å². The molecule has 11 rings (SSSR count). The van der Waals surface area contributed by atoms with Crippen LogP contribution in [0.15, 0.2) is 127 Å². The molecule has 0 saturated carbocycles. The van der Waals surface area contributed by atoms with Gasteiger partial charge in [0.05, 0.1) is 5.41 Å². The van der Waals surface area contributed by atoms with Crippen LogP contribution in [0.5, 0.6) is 11.5 Å². The van der Waals surface area contributed by atoms with Crippen molar-refractivity contribution in [2.24, 2.45) is 0 Å². The molecular weight excluding hydrogens is 785 g/mol. The van der Waals surface area contributed by atoms with E-state index in [0.29, 0.717) is 0 Å². The summed E-state index contributed by atoms with van der Waals surface area (Å²) in [6, 6.07) is 48.1. The van der Waals surface area contributed by atoms with Gasteiger partial charge in [-0.25, -0.2) is 0 Å². The lowest BCUT2D eigenvalue weighted by Crippen LogP contribution is -2.28. The molecule has 9 aromatic carbocycles. The van der Waals surface area contributed by atoms with E-state index in [9.17, 15) is 0 Å². The Morgan fingerprint density at radius 3 is 1.23 bits per heavy atom. The summed E-state index contributed by atoms with van der Waals surface area (Å²) in [5.41, 5.74) is 29.7. The quantitative estimate of drug-likeness (QED) is 0.172. The first-order chi connectivity index (χ1) is 31.3. The van der Waals surface area contributed by atoms with Crippen LogP contribution in [-0.4, -0.2) is 0 Å². The van der Waals surface area contributed by atoms with Crippen LogP contribution in [0.3, 0.4) is 0 Å². The highest BCUT2D eigenvalue weighted by molar-refractivity contribution is 6.04. The monoisotopic (exact) mass is 842 g/mol. The van der Waals surface area contributed by atoms with Crippen LogP contribution >= 0.6 is 0 Å². The Bertz CT molecular complexity index is 3330. The average Bonchev–Trinajstić information content (AvgIpc) is 3.64. The standard InChI is InChI=1S/C64H58O/c1-34-36(3)40(7)57-55(38(34)5)42(9)44(11)62-60(57)59(61-58-41(8)37(4)35(2)39(6)56(58)43(10)45(12)63(61)65-62)47-29-27-46(28-30-47)48-31-32-52-51-25-19-20-26-53(51)64(54(52)33-48,49-21-15-13-16-22-49)50-23-17-14-18-24-50/h13-33,59H,1-12H3. The molecule has 1 aliphatic heterocycles. The van der Waals surface area contributed by atoms with Crippen LogP contribution < -0.4 is 4.74 Å². The lowest BCUT2D eigenvalue weighted by molar-refractivity contribution is 0.448. The molecule has 1 aliphatic carbocycles. The maximum atomic E-state index is 7.45. The third kappa shape index (κ3) is 5.45. The molecule has 1 nitrogen and oxygen atoms in total. The van der Waals surface area contributed by atoms with Gasteiger partial charge >= 0.3 is 0 Å². The number of hydrogen-bond donors (Lipinski definition) is 0. The van der Waals surface area contributed by atoms with E-state index in [0.717, 1.165) is 11.5 Å². The summed E-state index contributed by atoms with van der Waals surface area (Å²) in [6.07, 6.45) is 0. The molecule has 0 spiro atoms. The number of aryl methyl sites for hydroxylation is 6. The van der Waals surface area contributed by atoms with Crippen molar-refractivity contribution >= 4 is 21.5 Å². The van der Waals surface area contributed by atoms with E-state index >= 15 is 0 Å². The van der Waals surface area contributed by atoms with Gasteiger partial charge in [0.1, 0.15) is 11.5 Å². The molecule has 0 aromatic heterocycles. The molecule has 2 aliphatic rings. The van der Waals surface area contributed by atoms with Gasteiger partial charge < -0.3 is 4.74 Å². The largest absolute Gasteiger partial charge is 0.456 e. The first kappa shape index (κ1) is 41.0. The Hall–Kier alpha value is -6.70. The fourth-order valence-electron chi connectivity index (χ4n) is 12.5. The van der Waals surface area contributed by atoms with Crippen molar-refractivity contribution in [3.8, 4) is 33.8 Å². The molecule has 0 atom stereocenters. The summed E-state index contributed by atoms with van der Waals surface area (Å²) in [6.45, 7) is 27.7. The molecule has 0 amide bonds. The average molecular weight is 843 g/mol. The maximum absolute atomic E-state index is 7.45. The number of rotatable bonds is 4. The molecule has 0 unspecified atom stereocenters. The van der Waals surface area contributed by atoms with Gasteiger partial charge in [0.15, 0.2) is 0 Å². The minimum atomic E-state index is -0.451. The number of hydrogen-bond acceptors (Lipinski definition) is 1. The second-order valence-corrected chi connectivity index (χ2v) is 19.4. The van der Waals surface area contributed by atoms with E-state index in [1.54, 1.807) is 0 Å². The summed E-state index contributed by atoms with van der Waals surface area (Å²) in [5, 5.41) is 5.46. The van der Waals surface area contributed by atoms with Crippen molar-refractivity contribution in [3.63, 3.8) is 0 Å². The lowest BCUT2D eigenvalue weighted by atomic mass is 9.67. The van der Waals surface area contributed by atoms with E-state index in [4.69, 9.17) is 4.74 Å². The van der Waals surface area contributed by atoms with Crippen molar-refractivity contribution in [1.29, 1.82) is 0 Å². The topological polar surface area (TPSA) is 9.23 Å². The molecule has 9 aromatic rings. The predicted octanol–water partition coefficient (Wildman–Crippen LogP) is 17.0. The SMILES string of the molecule is Cc1c(C)c(C)c2c3c(c(C)c(C)c2c1C)Oc1c(C)c(C)c2c(C)c(C)c(C)c(C)c2c1C3c1ccc(-c2ccc3c(c2)C(c2ccccc2)(c2ccccc2)c2ccccc2-3)cc1. The number of ether oxygens (including phenoxy) is 1. The number of fused-ring (bicyclic) bond motifs is 9. The van der Waals surface area contributed by atoms with Crippen LogP contribution in [0.4, 0.5) is 0 Å². The number of benzene rings is 9. The Morgan fingerprint density at radius 1 is 0.338 bits per heavy atom. The van der Waals surface area contributed by atoms with Crippen molar-refractivity contribution in [2.75, 3.05) is 0 Å². The Balaban J connectivity index is 1.18. The highest BCUT2D eigenvalue weighted by Crippen LogP contribution is 2.59. The summed E-state index contributed by atoms with van der Waals surface area (Å²) >= 11 is 0. The fraction of sp³-hybridized carbons (Fsp3) is 0.219. The minimum absolute atomic E-state index is 0.0508. The Morgan fingerprint density at radius 2 is 0.738 bits per heavy atom. The predicted molar refractivity (Wildman–Crippen MR) is 275 cm³/mol. The van der Waals surface area contributed by atoms with Gasteiger partial charge in [-0.05, 0) is 228 Å². The summed E-state index contributed by atoms with van der Waals surface area (Å²) < 4.78 is 7.45. The van der Waals surface area contributed by atoms with Crippen molar-refractivity contribution in [1.82, 2.24) is 0 Å². The summed E-state index contributed by atoms with van der Waals surface area (Å²) in [4.78, 5) is 0. The summed E-state index contributed by atoms with van der Waals surface area (Å²) in [5.74, 6) is 2.00. The molecule has 1 heterocycles. The molecule has 0 fully saturated rings. The zero-order valence-corrected chi connectivity index (χ0v) is 40.1. The van der Waals surface area contributed by atoms with E-state index in [-0.39, 0.29) is 5.92 Å². The van der Waals surface area contributed by atoms with Crippen LogP contribution in [0, 0.1) is 83.1 Å². The van der Waals surface area contributed by atoms with Gasteiger partial charge in [-0.1, -0.05) is 121 Å². The van der Waals surface area contributed by atoms with Crippen molar-refractivity contribution in [3.05, 3.63) is 233 Å². The third-order valence-corrected chi connectivity index (χ3v) is 16.8. The van der Waals surface area contributed by atoms with Gasteiger partial charge in [0, 0.05) is 17.0 Å². The van der Waals surface area contributed by atoms with E-state index in [1.807, 2.05) is 0 Å². The Labute approximate surface area is 385 Å². The van der Waals surface area contributed by atoms with Crippen molar-refractivity contribution in [2.45, 2.75) is 94.4 Å². The van der Waals surface area contributed by atoms with E-state index < -0.39 is 5.41 Å². The molecule has 0 saturated heterocycles. The molecule has 1 heteroatoms. The molecular formula is C64H58O. The first-order valence-electron chi connectivity index (χ1n) is 23.5. The van der Waals surface area contributed by atoms with Gasteiger partial charge in [0.25, 0.3) is 0 Å². The molecule has 0 N–H and O–H groups in total. The molecule has 65 heavy (non-hydrogen) atoms. The normalized spacial score (nSPS) is 13.7. The van der Waals surface area contributed by atoms with Crippen LogP contribution in [0.1, 0.15) is 112 Å². The molecule has 0 bridgehead atoms. The molecule has 0 radical (unpaired) electrons. The second-order valence-electron chi connectivity index (χ2n) is 19.4. The maximum Gasteiger partial charge on any atom is 0.135 e. The lowest BCUT2D eigenvalue weighted by Gasteiger charge is -2.36. The molecule has 320 valence electrons. The van der Waals surface area contributed by atoms with Gasteiger partial charge in [-0.3, -0.25) is 0 Å². The van der Waals surface area contributed by atoms with Crippen molar-refractivity contribution < 1.29 is 4.74 Å². The van der Waals surface area contributed by atoms with Gasteiger partial charge in [-0.2, -0.15) is 0 Å². The fourth-order valence-corrected chi connectivity index (χ4v) is 12.5. The van der Waals surface area contributed by atoms with Crippen LogP contribution in [-0.2, 0) is 5.41 Å². The minimum Gasteiger partial charge on any atom is -0.456 e. The zero-order valence-electron chi connectivity index (χ0n) is 40.1. The Kier molecular flexibility index (Phi) is 9.26. The van der Waals surface area contributed by atoms with Crippen LogP contribution in [0.2, 0.25) is 0 Å². The van der Waals surface area contributed by atoms with Gasteiger partial charge in [0.2, 0.25) is 0 Å². The van der Waals surface area contributed by atoms with E-state index in [2.05, 4.69) is 210 Å².